The largest absolute Gasteiger partial charge is 0.416 e. The highest BCUT2D eigenvalue weighted by Crippen LogP contribution is 2.32. The van der Waals surface area contributed by atoms with Gasteiger partial charge in [0.2, 0.25) is 5.91 Å². The lowest BCUT2D eigenvalue weighted by molar-refractivity contribution is -0.138. The number of carbonyl (C=O) groups is 1. The van der Waals surface area contributed by atoms with Gasteiger partial charge in [-0.1, -0.05) is 6.07 Å². The summed E-state index contributed by atoms with van der Waals surface area (Å²) in [5.41, 5.74) is 1.02. The van der Waals surface area contributed by atoms with Gasteiger partial charge in [0.1, 0.15) is 0 Å². The van der Waals surface area contributed by atoms with Gasteiger partial charge < -0.3 is 9.80 Å². The Morgan fingerprint density at radius 2 is 1.84 bits per heavy atom. The molecule has 0 bridgehead atoms. The van der Waals surface area contributed by atoms with E-state index in [4.69, 9.17) is 0 Å². The number of anilines is 1. The monoisotopic (exact) mass is 452 g/mol. The predicted octanol–water partition coefficient (Wildman–Crippen LogP) is 4.03. The fourth-order valence-electron chi connectivity index (χ4n) is 4.37. The molecule has 168 valence electrons. The molecular weight excluding hydrogens is 425 g/mol. The first-order chi connectivity index (χ1) is 14.8. The van der Waals surface area contributed by atoms with E-state index in [2.05, 4.69) is 15.3 Å². The van der Waals surface area contributed by atoms with Crippen LogP contribution in [0.4, 0.5) is 18.9 Å². The molecule has 31 heavy (non-hydrogen) atoms. The van der Waals surface area contributed by atoms with Crippen LogP contribution in [0.1, 0.15) is 29.1 Å². The Labute approximate surface area is 184 Å². The number of aryl methyl sites for hydroxylation is 1. The number of aromatic nitrogens is 1. The maximum atomic E-state index is 13.0. The molecule has 3 heterocycles. The smallest absolute Gasteiger partial charge is 0.368 e. The molecule has 9 heteroatoms. The number of alkyl halides is 3. The summed E-state index contributed by atoms with van der Waals surface area (Å²) in [6, 6.07) is 5.42. The highest BCUT2D eigenvalue weighted by atomic mass is 32.1. The molecule has 2 fully saturated rings. The van der Waals surface area contributed by atoms with E-state index < -0.39 is 11.7 Å². The Morgan fingerprint density at radius 3 is 2.45 bits per heavy atom. The SMILES string of the molecule is Cc1nc(CN2CCC(C(=O)N3CCN(c4cccc(C(F)(F)F)c4)CC3)CC2)cs1. The molecule has 0 N–H and O–H groups in total. The minimum absolute atomic E-state index is 0.0357. The Morgan fingerprint density at radius 1 is 1.13 bits per heavy atom. The zero-order valence-electron chi connectivity index (χ0n) is 17.6. The van der Waals surface area contributed by atoms with Crippen molar-refractivity contribution in [3.63, 3.8) is 0 Å². The van der Waals surface area contributed by atoms with E-state index in [1.165, 1.54) is 12.1 Å². The Bertz CT molecular complexity index is 900. The molecule has 1 aromatic heterocycles. The van der Waals surface area contributed by atoms with Crippen LogP contribution in [-0.2, 0) is 17.5 Å². The van der Waals surface area contributed by atoms with E-state index in [9.17, 15) is 18.0 Å². The lowest BCUT2D eigenvalue weighted by Gasteiger charge is -2.39. The van der Waals surface area contributed by atoms with E-state index in [0.717, 1.165) is 49.2 Å². The molecule has 0 saturated carbocycles. The highest BCUT2D eigenvalue weighted by Gasteiger charge is 2.33. The molecule has 2 aliphatic rings. The minimum atomic E-state index is -4.35. The topological polar surface area (TPSA) is 39.7 Å². The van der Waals surface area contributed by atoms with Gasteiger partial charge >= 0.3 is 6.18 Å². The van der Waals surface area contributed by atoms with Gasteiger partial charge in [0.15, 0.2) is 0 Å². The third-order valence-corrected chi connectivity index (χ3v) is 6.94. The second-order valence-electron chi connectivity index (χ2n) is 8.27. The number of nitrogens with zero attached hydrogens (tertiary/aromatic N) is 4. The number of piperidine rings is 1. The fourth-order valence-corrected chi connectivity index (χ4v) is 4.97. The number of thiazole rings is 1. The van der Waals surface area contributed by atoms with E-state index in [1.807, 2.05) is 16.7 Å². The van der Waals surface area contributed by atoms with Crippen molar-refractivity contribution in [1.82, 2.24) is 14.8 Å². The zero-order chi connectivity index (χ0) is 22.0. The van der Waals surface area contributed by atoms with E-state index in [1.54, 1.807) is 17.4 Å². The number of rotatable bonds is 4. The van der Waals surface area contributed by atoms with Crippen molar-refractivity contribution in [2.75, 3.05) is 44.2 Å². The molecule has 0 aliphatic carbocycles. The molecule has 0 spiro atoms. The number of amides is 1. The van der Waals surface area contributed by atoms with Crippen LogP contribution in [0.25, 0.3) is 0 Å². The summed E-state index contributed by atoms with van der Waals surface area (Å²) in [5.74, 6) is 0.223. The fraction of sp³-hybridized carbons (Fsp3) is 0.545. The number of hydrogen-bond donors (Lipinski definition) is 0. The second kappa shape index (κ2) is 9.16. The van der Waals surface area contributed by atoms with Gasteiger partial charge in [-0.05, 0) is 51.1 Å². The van der Waals surface area contributed by atoms with E-state index in [0.29, 0.717) is 31.9 Å². The van der Waals surface area contributed by atoms with Crippen LogP contribution in [0.2, 0.25) is 0 Å². The number of piperazine rings is 1. The molecule has 0 unspecified atom stereocenters. The third kappa shape index (κ3) is 5.38. The maximum Gasteiger partial charge on any atom is 0.416 e. The third-order valence-electron chi connectivity index (χ3n) is 6.12. The predicted molar refractivity (Wildman–Crippen MR) is 115 cm³/mol. The Kier molecular flexibility index (Phi) is 6.52. The summed E-state index contributed by atoms with van der Waals surface area (Å²) in [5, 5.41) is 3.17. The number of carbonyl (C=O) groups excluding carboxylic acids is 1. The van der Waals surface area contributed by atoms with Crippen molar-refractivity contribution in [3.05, 3.63) is 45.9 Å². The molecule has 0 radical (unpaired) electrons. The van der Waals surface area contributed by atoms with Crippen LogP contribution < -0.4 is 4.90 Å². The summed E-state index contributed by atoms with van der Waals surface area (Å²) in [4.78, 5) is 23.7. The average molecular weight is 453 g/mol. The summed E-state index contributed by atoms with van der Waals surface area (Å²) in [7, 11) is 0. The summed E-state index contributed by atoms with van der Waals surface area (Å²) in [6.07, 6.45) is -2.66. The molecule has 2 aromatic rings. The second-order valence-corrected chi connectivity index (χ2v) is 9.33. The normalized spacial score (nSPS) is 19.1. The van der Waals surface area contributed by atoms with Crippen molar-refractivity contribution in [2.45, 2.75) is 32.5 Å². The first kappa shape index (κ1) is 22.1. The van der Waals surface area contributed by atoms with Gasteiger partial charge in [0.05, 0.1) is 16.3 Å². The number of halogens is 3. The molecule has 4 rings (SSSR count). The van der Waals surface area contributed by atoms with Crippen LogP contribution in [0, 0.1) is 12.8 Å². The summed E-state index contributed by atoms with van der Waals surface area (Å²) in [6.45, 7) is 6.81. The quantitative estimate of drug-likeness (QED) is 0.702. The van der Waals surface area contributed by atoms with Gasteiger partial charge in [-0.25, -0.2) is 4.98 Å². The lowest BCUT2D eigenvalue weighted by atomic mass is 9.95. The van der Waals surface area contributed by atoms with Crippen molar-refractivity contribution in [1.29, 1.82) is 0 Å². The molecule has 0 atom stereocenters. The van der Waals surface area contributed by atoms with Crippen molar-refractivity contribution >= 4 is 22.9 Å². The molecular formula is C22H27F3N4OS. The van der Waals surface area contributed by atoms with E-state index >= 15 is 0 Å². The van der Waals surface area contributed by atoms with Gasteiger partial charge in [-0.3, -0.25) is 9.69 Å². The molecule has 2 aliphatic heterocycles. The van der Waals surface area contributed by atoms with Crippen molar-refractivity contribution in [3.8, 4) is 0 Å². The van der Waals surface area contributed by atoms with Gasteiger partial charge in [0.25, 0.3) is 0 Å². The standard InChI is InChI=1S/C22H27F3N4OS/c1-16-26-19(15-31-16)14-27-7-5-17(6-8-27)21(30)29-11-9-28(10-12-29)20-4-2-3-18(13-20)22(23,24)25/h2-4,13,15,17H,5-12,14H2,1H3. The molecule has 1 amide bonds. The van der Waals surface area contributed by atoms with Gasteiger partial charge in [0, 0.05) is 49.7 Å². The highest BCUT2D eigenvalue weighted by molar-refractivity contribution is 7.09. The number of likely N-dealkylation sites (tertiary alicyclic amines) is 1. The van der Waals surface area contributed by atoms with Crippen LogP contribution >= 0.6 is 11.3 Å². The molecule has 1 aromatic carbocycles. The van der Waals surface area contributed by atoms with Gasteiger partial charge in [-0.2, -0.15) is 13.2 Å². The minimum Gasteiger partial charge on any atom is -0.368 e. The van der Waals surface area contributed by atoms with Crippen LogP contribution in [0.3, 0.4) is 0 Å². The van der Waals surface area contributed by atoms with Crippen molar-refractivity contribution in [2.24, 2.45) is 5.92 Å². The molecule has 2 saturated heterocycles. The van der Waals surface area contributed by atoms with Crippen LogP contribution in [-0.4, -0.2) is 60.0 Å². The molecule has 5 nitrogen and oxygen atoms in total. The lowest BCUT2D eigenvalue weighted by Crippen LogP contribution is -2.51. The summed E-state index contributed by atoms with van der Waals surface area (Å²) >= 11 is 1.66. The first-order valence-electron chi connectivity index (χ1n) is 10.6. The van der Waals surface area contributed by atoms with Crippen molar-refractivity contribution < 1.29 is 18.0 Å². The first-order valence-corrected chi connectivity index (χ1v) is 11.5. The Balaban J connectivity index is 1.26. The summed E-state index contributed by atoms with van der Waals surface area (Å²) < 4.78 is 38.9. The Hall–Kier alpha value is -2.13. The zero-order valence-corrected chi connectivity index (χ0v) is 18.4. The maximum absolute atomic E-state index is 13.0. The van der Waals surface area contributed by atoms with Gasteiger partial charge in [-0.15, -0.1) is 11.3 Å². The van der Waals surface area contributed by atoms with Crippen LogP contribution in [0.5, 0.6) is 0 Å². The number of benzene rings is 1. The number of hydrogen-bond acceptors (Lipinski definition) is 5. The average Bonchev–Trinajstić information content (AvgIpc) is 3.18. The van der Waals surface area contributed by atoms with Crippen LogP contribution in [0.15, 0.2) is 29.6 Å². The van der Waals surface area contributed by atoms with E-state index in [-0.39, 0.29) is 11.8 Å².